The molecule has 1 aromatic carbocycles. The number of benzene rings is 1. The second kappa shape index (κ2) is 6.25. The van der Waals surface area contributed by atoms with E-state index >= 15 is 0 Å². The standard InChI is InChI=1S/C14H17BrN4O/c1-18(2)14(20)13-9-17-6-7-19(13)12-5-3-4-11(15)10(12)8-16/h3-5,13,17H,6-7,9H2,1-2H3. The third-order valence-corrected chi connectivity index (χ3v) is 4.04. The lowest BCUT2D eigenvalue weighted by molar-refractivity contribution is -0.130. The van der Waals surface area contributed by atoms with Crippen molar-refractivity contribution in [1.29, 1.82) is 5.26 Å². The smallest absolute Gasteiger partial charge is 0.246 e. The van der Waals surface area contributed by atoms with Gasteiger partial charge in [-0.2, -0.15) is 5.26 Å². The normalized spacial score (nSPS) is 18.5. The second-order valence-corrected chi connectivity index (χ2v) is 5.75. The zero-order chi connectivity index (χ0) is 14.7. The summed E-state index contributed by atoms with van der Waals surface area (Å²) in [5, 5.41) is 12.6. The molecule has 1 fully saturated rings. The van der Waals surface area contributed by atoms with Gasteiger partial charge in [0.05, 0.1) is 11.3 Å². The lowest BCUT2D eigenvalue weighted by Crippen LogP contribution is -2.58. The van der Waals surface area contributed by atoms with Crippen molar-refractivity contribution in [3.63, 3.8) is 0 Å². The molecule has 0 saturated carbocycles. The molecule has 0 aromatic heterocycles. The Morgan fingerprint density at radius 2 is 2.30 bits per heavy atom. The number of nitrogens with zero attached hydrogens (tertiary/aromatic N) is 3. The van der Waals surface area contributed by atoms with Gasteiger partial charge in [-0.1, -0.05) is 6.07 Å². The summed E-state index contributed by atoms with van der Waals surface area (Å²) in [6.07, 6.45) is 0. The summed E-state index contributed by atoms with van der Waals surface area (Å²) in [4.78, 5) is 15.9. The van der Waals surface area contributed by atoms with E-state index in [-0.39, 0.29) is 11.9 Å². The van der Waals surface area contributed by atoms with E-state index in [2.05, 4.69) is 27.3 Å². The van der Waals surface area contributed by atoms with Crippen LogP contribution in [0.15, 0.2) is 22.7 Å². The highest BCUT2D eigenvalue weighted by molar-refractivity contribution is 9.10. The van der Waals surface area contributed by atoms with E-state index in [1.165, 1.54) is 0 Å². The summed E-state index contributed by atoms with van der Waals surface area (Å²) in [5.41, 5.74) is 1.38. The minimum atomic E-state index is -0.278. The number of hydrogen-bond donors (Lipinski definition) is 1. The van der Waals surface area contributed by atoms with Crippen LogP contribution in [0.1, 0.15) is 5.56 Å². The molecular weight excluding hydrogens is 320 g/mol. The number of likely N-dealkylation sites (N-methyl/N-ethyl adjacent to an activating group) is 1. The molecule has 1 unspecified atom stereocenters. The number of hydrogen-bond acceptors (Lipinski definition) is 4. The van der Waals surface area contributed by atoms with Crippen molar-refractivity contribution in [2.24, 2.45) is 0 Å². The third-order valence-electron chi connectivity index (χ3n) is 3.38. The van der Waals surface area contributed by atoms with Crippen LogP contribution in [0.25, 0.3) is 0 Å². The molecule has 0 aliphatic carbocycles. The van der Waals surface area contributed by atoms with Crippen LogP contribution >= 0.6 is 15.9 Å². The number of carbonyl (C=O) groups excluding carboxylic acids is 1. The average molecular weight is 337 g/mol. The van der Waals surface area contributed by atoms with Gasteiger partial charge in [0.25, 0.3) is 0 Å². The zero-order valence-electron chi connectivity index (χ0n) is 11.6. The van der Waals surface area contributed by atoms with E-state index in [1.807, 2.05) is 23.1 Å². The second-order valence-electron chi connectivity index (χ2n) is 4.89. The molecule has 0 bridgehead atoms. The Morgan fingerprint density at radius 3 is 2.95 bits per heavy atom. The first-order valence-corrected chi connectivity index (χ1v) is 7.22. The van der Waals surface area contributed by atoms with Crippen LogP contribution < -0.4 is 10.2 Å². The number of nitrogens with one attached hydrogen (secondary N) is 1. The van der Waals surface area contributed by atoms with E-state index < -0.39 is 0 Å². The van der Waals surface area contributed by atoms with Crippen molar-refractivity contribution in [3.8, 4) is 6.07 Å². The Bertz CT molecular complexity index is 553. The highest BCUT2D eigenvalue weighted by Crippen LogP contribution is 2.29. The lowest BCUT2D eigenvalue weighted by Gasteiger charge is -2.38. The number of anilines is 1. The fraction of sp³-hybridized carbons (Fsp3) is 0.429. The molecule has 5 nitrogen and oxygen atoms in total. The van der Waals surface area contributed by atoms with Crippen molar-refractivity contribution >= 4 is 27.5 Å². The van der Waals surface area contributed by atoms with Crippen LogP contribution in [0.5, 0.6) is 0 Å². The Kier molecular flexibility index (Phi) is 4.63. The maximum atomic E-state index is 12.3. The van der Waals surface area contributed by atoms with Gasteiger partial charge < -0.3 is 15.1 Å². The molecule has 20 heavy (non-hydrogen) atoms. The average Bonchev–Trinajstić information content (AvgIpc) is 2.46. The van der Waals surface area contributed by atoms with Crippen molar-refractivity contribution in [2.75, 3.05) is 38.6 Å². The van der Waals surface area contributed by atoms with Crippen LogP contribution in [0.4, 0.5) is 5.69 Å². The Hall–Kier alpha value is -1.58. The third kappa shape index (κ3) is 2.79. The largest absolute Gasteiger partial charge is 0.356 e. The van der Waals surface area contributed by atoms with Gasteiger partial charge in [-0.3, -0.25) is 4.79 Å². The topological polar surface area (TPSA) is 59.4 Å². The summed E-state index contributed by atoms with van der Waals surface area (Å²) >= 11 is 3.40. The van der Waals surface area contributed by atoms with Crippen LogP contribution in [0, 0.1) is 11.3 Å². The van der Waals surface area contributed by atoms with Crippen LogP contribution in [0.3, 0.4) is 0 Å². The van der Waals surface area contributed by atoms with E-state index in [0.29, 0.717) is 18.7 Å². The molecule has 106 valence electrons. The number of rotatable bonds is 2. The minimum Gasteiger partial charge on any atom is -0.356 e. The number of piperazine rings is 1. The first-order chi connectivity index (χ1) is 9.56. The Labute approximate surface area is 127 Å². The molecule has 1 aliphatic heterocycles. The fourth-order valence-corrected chi connectivity index (χ4v) is 2.82. The molecule has 1 atom stereocenters. The van der Waals surface area contributed by atoms with E-state index in [1.54, 1.807) is 19.0 Å². The molecule has 0 radical (unpaired) electrons. The first-order valence-electron chi connectivity index (χ1n) is 6.43. The SMILES string of the molecule is CN(C)C(=O)C1CNCCN1c1cccc(Br)c1C#N. The van der Waals surface area contributed by atoms with Gasteiger partial charge in [-0.25, -0.2) is 0 Å². The van der Waals surface area contributed by atoms with Gasteiger partial charge in [0.1, 0.15) is 12.1 Å². The summed E-state index contributed by atoms with van der Waals surface area (Å²) in [7, 11) is 3.50. The summed E-state index contributed by atoms with van der Waals surface area (Å²) < 4.78 is 0.757. The van der Waals surface area contributed by atoms with Gasteiger partial charge >= 0.3 is 0 Å². The summed E-state index contributed by atoms with van der Waals surface area (Å²) in [6, 6.07) is 7.56. The number of carbonyl (C=O) groups is 1. The molecular formula is C14H17BrN4O. The van der Waals surface area contributed by atoms with Crippen molar-refractivity contribution in [3.05, 3.63) is 28.2 Å². The van der Waals surface area contributed by atoms with Gasteiger partial charge in [0, 0.05) is 38.2 Å². The fourth-order valence-electron chi connectivity index (χ4n) is 2.37. The number of halogens is 1. The summed E-state index contributed by atoms with van der Waals surface area (Å²) in [5.74, 6) is 0.0427. The molecule has 1 aliphatic rings. The van der Waals surface area contributed by atoms with Crippen molar-refractivity contribution in [1.82, 2.24) is 10.2 Å². The molecule has 2 rings (SSSR count). The number of amides is 1. The molecule has 6 heteroatoms. The van der Waals surface area contributed by atoms with Crippen LogP contribution in [0.2, 0.25) is 0 Å². The van der Waals surface area contributed by atoms with E-state index in [9.17, 15) is 10.1 Å². The highest BCUT2D eigenvalue weighted by Gasteiger charge is 2.31. The highest BCUT2D eigenvalue weighted by atomic mass is 79.9. The van der Waals surface area contributed by atoms with Gasteiger partial charge in [-0.05, 0) is 28.1 Å². The van der Waals surface area contributed by atoms with Crippen molar-refractivity contribution < 1.29 is 4.79 Å². The van der Waals surface area contributed by atoms with Crippen LogP contribution in [-0.4, -0.2) is 50.6 Å². The molecule has 1 heterocycles. The van der Waals surface area contributed by atoms with Gasteiger partial charge in [0.2, 0.25) is 5.91 Å². The molecule has 1 amide bonds. The van der Waals surface area contributed by atoms with E-state index in [0.717, 1.165) is 16.7 Å². The quantitative estimate of drug-likeness (QED) is 0.881. The number of nitriles is 1. The maximum Gasteiger partial charge on any atom is 0.246 e. The Balaban J connectivity index is 2.41. The molecule has 1 N–H and O–H groups in total. The minimum absolute atomic E-state index is 0.0427. The maximum absolute atomic E-state index is 12.3. The van der Waals surface area contributed by atoms with E-state index in [4.69, 9.17) is 0 Å². The monoisotopic (exact) mass is 336 g/mol. The molecule has 1 aromatic rings. The molecule has 1 saturated heterocycles. The predicted molar refractivity (Wildman–Crippen MR) is 81.6 cm³/mol. The van der Waals surface area contributed by atoms with Crippen LogP contribution in [-0.2, 0) is 4.79 Å². The Morgan fingerprint density at radius 1 is 1.55 bits per heavy atom. The zero-order valence-corrected chi connectivity index (χ0v) is 13.1. The van der Waals surface area contributed by atoms with Gasteiger partial charge in [-0.15, -0.1) is 0 Å². The van der Waals surface area contributed by atoms with Crippen molar-refractivity contribution in [2.45, 2.75) is 6.04 Å². The molecule has 0 spiro atoms. The predicted octanol–water partition coefficient (Wildman–Crippen LogP) is 1.19. The van der Waals surface area contributed by atoms with Gasteiger partial charge in [0.15, 0.2) is 0 Å². The summed E-state index contributed by atoms with van der Waals surface area (Å²) in [6.45, 7) is 2.10. The lowest BCUT2D eigenvalue weighted by atomic mass is 10.1. The first kappa shape index (κ1) is 14.8.